The molecule has 0 bridgehead atoms. The standard InChI is InChI=1S/C14H14ClN3O/c1-9-5-6-12(13(16)17)14(18-9)19-8-10-3-2-4-11(15)7-10/h2-7H,8H2,1H3,(H3,16,17). The van der Waals surface area contributed by atoms with Crippen LogP contribution in [0.2, 0.25) is 5.02 Å². The highest BCUT2D eigenvalue weighted by Crippen LogP contribution is 2.18. The summed E-state index contributed by atoms with van der Waals surface area (Å²) < 4.78 is 5.63. The van der Waals surface area contributed by atoms with Crippen LogP contribution in [0.3, 0.4) is 0 Å². The van der Waals surface area contributed by atoms with Crippen molar-refractivity contribution in [1.29, 1.82) is 5.41 Å². The fourth-order valence-electron chi connectivity index (χ4n) is 1.63. The molecule has 98 valence electrons. The molecule has 0 aliphatic heterocycles. The first-order valence-corrected chi connectivity index (χ1v) is 6.13. The summed E-state index contributed by atoms with van der Waals surface area (Å²) in [5.41, 5.74) is 7.74. The van der Waals surface area contributed by atoms with Gasteiger partial charge in [0.05, 0.1) is 5.56 Å². The zero-order valence-electron chi connectivity index (χ0n) is 10.5. The van der Waals surface area contributed by atoms with E-state index in [0.717, 1.165) is 11.3 Å². The Hall–Kier alpha value is -2.07. The molecule has 0 aliphatic rings. The highest BCUT2D eigenvalue weighted by molar-refractivity contribution is 6.30. The quantitative estimate of drug-likeness (QED) is 0.666. The first-order valence-electron chi connectivity index (χ1n) is 5.75. The van der Waals surface area contributed by atoms with Crippen molar-refractivity contribution in [1.82, 2.24) is 4.98 Å². The summed E-state index contributed by atoms with van der Waals surface area (Å²) in [5, 5.41) is 8.16. The molecule has 1 aromatic heterocycles. The first kappa shape index (κ1) is 13.4. The first-order chi connectivity index (χ1) is 9.06. The Bertz CT molecular complexity index is 613. The third-order valence-electron chi connectivity index (χ3n) is 2.55. The van der Waals surface area contributed by atoms with E-state index in [1.54, 1.807) is 18.2 Å². The number of ether oxygens (including phenoxy) is 1. The molecule has 0 fully saturated rings. The van der Waals surface area contributed by atoms with E-state index in [2.05, 4.69) is 4.98 Å². The molecule has 0 atom stereocenters. The summed E-state index contributed by atoms with van der Waals surface area (Å²) in [6.45, 7) is 2.19. The van der Waals surface area contributed by atoms with E-state index >= 15 is 0 Å². The summed E-state index contributed by atoms with van der Waals surface area (Å²) in [6, 6.07) is 10.9. The Morgan fingerprint density at radius 2 is 2.16 bits per heavy atom. The lowest BCUT2D eigenvalue weighted by molar-refractivity contribution is 0.292. The molecule has 4 nitrogen and oxygen atoms in total. The summed E-state index contributed by atoms with van der Waals surface area (Å²) in [7, 11) is 0. The summed E-state index contributed by atoms with van der Waals surface area (Å²) in [4.78, 5) is 4.26. The van der Waals surface area contributed by atoms with Crippen molar-refractivity contribution in [3.63, 3.8) is 0 Å². The summed E-state index contributed by atoms with van der Waals surface area (Å²) in [5.74, 6) is 0.307. The van der Waals surface area contributed by atoms with E-state index in [1.807, 2.05) is 25.1 Å². The smallest absolute Gasteiger partial charge is 0.225 e. The molecule has 0 aliphatic carbocycles. The molecule has 19 heavy (non-hydrogen) atoms. The number of benzene rings is 1. The van der Waals surface area contributed by atoms with Gasteiger partial charge in [-0.3, -0.25) is 5.41 Å². The van der Waals surface area contributed by atoms with E-state index in [9.17, 15) is 0 Å². The zero-order chi connectivity index (χ0) is 13.8. The van der Waals surface area contributed by atoms with Gasteiger partial charge in [-0.15, -0.1) is 0 Å². The average molecular weight is 276 g/mol. The second-order valence-electron chi connectivity index (χ2n) is 4.14. The molecule has 2 aromatic rings. The molecule has 0 amide bonds. The summed E-state index contributed by atoms with van der Waals surface area (Å²) >= 11 is 5.91. The van der Waals surface area contributed by atoms with Crippen molar-refractivity contribution in [2.24, 2.45) is 5.73 Å². The van der Waals surface area contributed by atoms with E-state index in [0.29, 0.717) is 23.1 Å². The number of nitrogens with one attached hydrogen (secondary N) is 1. The third-order valence-corrected chi connectivity index (χ3v) is 2.79. The van der Waals surface area contributed by atoms with Crippen LogP contribution in [0.5, 0.6) is 5.88 Å². The minimum Gasteiger partial charge on any atom is -0.472 e. The van der Waals surface area contributed by atoms with Crippen LogP contribution in [0.15, 0.2) is 36.4 Å². The molecule has 2 rings (SSSR count). The molecule has 3 N–H and O–H groups in total. The van der Waals surface area contributed by atoms with Gasteiger partial charge in [-0.05, 0) is 36.8 Å². The molecule has 0 saturated heterocycles. The van der Waals surface area contributed by atoms with Crippen LogP contribution < -0.4 is 10.5 Å². The van der Waals surface area contributed by atoms with Crippen LogP contribution in [-0.2, 0) is 6.61 Å². The topological polar surface area (TPSA) is 72.0 Å². The minimum atomic E-state index is -0.0615. The lowest BCUT2D eigenvalue weighted by Crippen LogP contribution is -2.14. The number of rotatable bonds is 4. The summed E-state index contributed by atoms with van der Waals surface area (Å²) in [6.07, 6.45) is 0. The second-order valence-corrected chi connectivity index (χ2v) is 4.57. The minimum absolute atomic E-state index is 0.0615. The lowest BCUT2D eigenvalue weighted by atomic mass is 10.2. The lowest BCUT2D eigenvalue weighted by Gasteiger charge is -2.10. The number of aromatic nitrogens is 1. The van der Waals surface area contributed by atoms with Gasteiger partial charge < -0.3 is 10.5 Å². The predicted molar refractivity (Wildman–Crippen MR) is 75.8 cm³/mol. The third kappa shape index (κ3) is 3.45. The predicted octanol–water partition coefficient (Wildman–Crippen LogP) is 2.91. The Morgan fingerprint density at radius 3 is 2.84 bits per heavy atom. The van der Waals surface area contributed by atoms with Crippen molar-refractivity contribution < 1.29 is 4.74 Å². The molecule has 1 heterocycles. The van der Waals surface area contributed by atoms with Gasteiger partial charge in [-0.25, -0.2) is 4.98 Å². The number of nitrogens with zero attached hydrogens (tertiary/aromatic N) is 1. The fourth-order valence-corrected chi connectivity index (χ4v) is 1.84. The Labute approximate surface area is 116 Å². The molecular weight excluding hydrogens is 262 g/mol. The van der Waals surface area contributed by atoms with Gasteiger partial charge >= 0.3 is 0 Å². The molecular formula is C14H14ClN3O. The highest BCUT2D eigenvalue weighted by atomic mass is 35.5. The monoisotopic (exact) mass is 275 g/mol. The maximum atomic E-state index is 7.50. The highest BCUT2D eigenvalue weighted by Gasteiger charge is 2.09. The van der Waals surface area contributed by atoms with E-state index < -0.39 is 0 Å². The molecule has 0 spiro atoms. The number of nitrogens with two attached hydrogens (primary N) is 1. The number of amidine groups is 1. The van der Waals surface area contributed by atoms with Crippen LogP contribution in [0.25, 0.3) is 0 Å². The van der Waals surface area contributed by atoms with E-state index in [-0.39, 0.29) is 5.84 Å². The van der Waals surface area contributed by atoms with Crippen LogP contribution in [-0.4, -0.2) is 10.8 Å². The Morgan fingerprint density at radius 1 is 1.37 bits per heavy atom. The van der Waals surface area contributed by atoms with Crippen molar-refractivity contribution >= 4 is 17.4 Å². The van der Waals surface area contributed by atoms with Gasteiger partial charge in [-0.1, -0.05) is 23.7 Å². The van der Waals surface area contributed by atoms with Gasteiger partial charge in [-0.2, -0.15) is 0 Å². The SMILES string of the molecule is Cc1ccc(C(=N)N)c(OCc2cccc(Cl)c2)n1. The van der Waals surface area contributed by atoms with Crippen LogP contribution in [0.4, 0.5) is 0 Å². The molecule has 0 unspecified atom stereocenters. The zero-order valence-corrected chi connectivity index (χ0v) is 11.2. The maximum Gasteiger partial charge on any atom is 0.225 e. The van der Waals surface area contributed by atoms with Gasteiger partial charge in [0.2, 0.25) is 5.88 Å². The van der Waals surface area contributed by atoms with Gasteiger partial charge in [0.25, 0.3) is 0 Å². The Balaban J connectivity index is 2.19. The van der Waals surface area contributed by atoms with Gasteiger partial charge in [0.15, 0.2) is 0 Å². The average Bonchev–Trinajstić information content (AvgIpc) is 2.36. The fraction of sp³-hybridized carbons (Fsp3) is 0.143. The van der Waals surface area contributed by atoms with E-state index in [4.69, 9.17) is 27.5 Å². The number of halogens is 1. The molecule has 0 saturated carbocycles. The number of hydrogen-bond acceptors (Lipinski definition) is 3. The largest absolute Gasteiger partial charge is 0.472 e. The molecule has 5 heteroatoms. The molecule has 1 aromatic carbocycles. The number of hydrogen-bond donors (Lipinski definition) is 2. The van der Waals surface area contributed by atoms with Gasteiger partial charge in [0, 0.05) is 10.7 Å². The molecule has 0 radical (unpaired) electrons. The van der Waals surface area contributed by atoms with Crippen molar-refractivity contribution in [2.45, 2.75) is 13.5 Å². The maximum absolute atomic E-state index is 7.50. The van der Waals surface area contributed by atoms with E-state index in [1.165, 1.54) is 0 Å². The van der Waals surface area contributed by atoms with Crippen LogP contribution in [0, 0.1) is 12.3 Å². The normalized spacial score (nSPS) is 10.2. The van der Waals surface area contributed by atoms with Crippen molar-refractivity contribution in [3.8, 4) is 5.88 Å². The number of pyridine rings is 1. The second kappa shape index (κ2) is 5.71. The van der Waals surface area contributed by atoms with Crippen LogP contribution >= 0.6 is 11.6 Å². The Kier molecular flexibility index (Phi) is 4.02. The number of aryl methyl sites for hydroxylation is 1. The van der Waals surface area contributed by atoms with Crippen molar-refractivity contribution in [2.75, 3.05) is 0 Å². The van der Waals surface area contributed by atoms with Crippen molar-refractivity contribution in [3.05, 3.63) is 58.2 Å². The number of nitrogen functional groups attached to an aromatic ring is 1. The van der Waals surface area contributed by atoms with Gasteiger partial charge in [0.1, 0.15) is 12.4 Å². The van der Waals surface area contributed by atoms with Crippen LogP contribution in [0.1, 0.15) is 16.8 Å².